The summed E-state index contributed by atoms with van der Waals surface area (Å²) in [6, 6.07) is 19.8. The van der Waals surface area contributed by atoms with E-state index in [0.717, 1.165) is 16.7 Å². The summed E-state index contributed by atoms with van der Waals surface area (Å²) in [5, 5.41) is 5.86. The first kappa shape index (κ1) is 26.2. The molecular weight excluding hydrogens is 482 g/mol. The fourth-order valence-corrected chi connectivity index (χ4v) is 4.13. The molecule has 0 unspecified atom stereocenters. The maximum absolute atomic E-state index is 13.7. The number of anilines is 5. The van der Waals surface area contributed by atoms with Gasteiger partial charge in [0.2, 0.25) is 11.9 Å². The van der Waals surface area contributed by atoms with E-state index in [1.807, 2.05) is 45.0 Å². The Labute approximate surface area is 221 Å². The summed E-state index contributed by atoms with van der Waals surface area (Å²) in [7, 11) is 1.53. The average Bonchev–Trinajstić information content (AvgIpc) is 2.87. The Hall–Kier alpha value is -4.92. The third-order valence-electron chi connectivity index (χ3n) is 5.61. The molecule has 0 aliphatic carbocycles. The second kappa shape index (κ2) is 11.4. The monoisotopic (exact) mass is 511 g/mol. The lowest BCUT2D eigenvalue weighted by Gasteiger charge is -2.24. The smallest absolute Gasteiger partial charge is 0.425 e. The van der Waals surface area contributed by atoms with Gasteiger partial charge in [-0.2, -0.15) is 4.98 Å². The van der Waals surface area contributed by atoms with E-state index in [9.17, 15) is 9.59 Å². The van der Waals surface area contributed by atoms with Gasteiger partial charge in [0.1, 0.15) is 17.3 Å². The molecule has 1 heterocycles. The van der Waals surface area contributed by atoms with Crippen molar-refractivity contribution in [2.24, 2.45) is 0 Å². The highest BCUT2D eigenvalue weighted by atomic mass is 16.6. The van der Waals surface area contributed by atoms with Crippen molar-refractivity contribution >= 4 is 40.8 Å². The van der Waals surface area contributed by atoms with Crippen LogP contribution < -0.4 is 25.0 Å². The number of methoxy groups -OCH3 is 1. The van der Waals surface area contributed by atoms with Crippen LogP contribution in [0, 0.1) is 20.8 Å². The van der Waals surface area contributed by atoms with Gasteiger partial charge in [-0.15, -0.1) is 0 Å². The van der Waals surface area contributed by atoms with E-state index in [0.29, 0.717) is 28.6 Å². The summed E-state index contributed by atoms with van der Waals surface area (Å²) < 4.78 is 11.5. The van der Waals surface area contributed by atoms with Crippen molar-refractivity contribution in [3.05, 3.63) is 89.6 Å². The number of amides is 2. The molecule has 4 rings (SSSR count). The Morgan fingerprint density at radius 1 is 0.895 bits per heavy atom. The first-order valence-corrected chi connectivity index (χ1v) is 12.0. The quantitative estimate of drug-likeness (QED) is 0.294. The van der Waals surface area contributed by atoms with E-state index in [1.165, 1.54) is 18.9 Å². The third-order valence-corrected chi connectivity index (χ3v) is 5.61. The first-order valence-electron chi connectivity index (χ1n) is 12.0. The minimum atomic E-state index is -0.651. The summed E-state index contributed by atoms with van der Waals surface area (Å²) in [4.78, 5) is 35.4. The molecule has 0 aliphatic heterocycles. The van der Waals surface area contributed by atoms with Gasteiger partial charge < -0.3 is 20.1 Å². The summed E-state index contributed by atoms with van der Waals surface area (Å²) in [5.74, 6) is 1.31. The zero-order valence-corrected chi connectivity index (χ0v) is 21.9. The maximum Gasteiger partial charge on any atom is 0.425 e. The normalized spacial score (nSPS) is 10.4. The van der Waals surface area contributed by atoms with Crippen LogP contribution in [0.3, 0.4) is 0 Å². The Morgan fingerprint density at radius 3 is 2.32 bits per heavy atom. The van der Waals surface area contributed by atoms with Crippen molar-refractivity contribution in [2.75, 3.05) is 22.6 Å². The number of ether oxygens (including phenoxy) is 2. The van der Waals surface area contributed by atoms with Crippen LogP contribution in [0.4, 0.5) is 33.6 Å². The number of rotatable bonds is 7. The lowest BCUT2D eigenvalue weighted by molar-refractivity contribution is -0.114. The van der Waals surface area contributed by atoms with E-state index in [-0.39, 0.29) is 17.7 Å². The zero-order valence-electron chi connectivity index (χ0n) is 21.9. The minimum absolute atomic E-state index is 0.176. The maximum atomic E-state index is 13.7. The van der Waals surface area contributed by atoms with Crippen LogP contribution in [0.15, 0.2) is 72.9 Å². The van der Waals surface area contributed by atoms with Crippen molar-refractivity contribution in [1.82, 2.24) is 9.97 Å². The number of hydrogen-bond donors (Lipinski definition) is 2. The molecule has 2 N–H and O–H groups in total. The van der Waals surface area contributed by atoms with Gasteiger partial charge in [-0.05, 0) is 62.2 Å². The van der Waals surface area contributed by atoms with Gasteiger partial charge in [0.25, 0.3) is 0 Å². The molecule has 9 nitrogen and oxygen atoms in total. The Morgan fingerprint density at radius 2 is 1.61 bits per heavy atom. The predicted molar refractivity (Wildman–Crippen MR) is 148 cm³/mol. The lowest BCUT2D eigenvalue weighted by atomic mass is 10.1. The number of nitrogens with zero attached hydrogens (tertiary/aromatic N) is 3. The highest BCUT2D eigenvalue weighted by Gasteiger charge is 2.26. The Balaban J connectivity index is 1.72. The fourth-order valence-electron chi connectivity index (χ4n) is 4.13. The topological polar surface area (TPSA) is 106 Å². The number of para-hydroxylation sites is 2. The fraction of sp³-hybridized carbons (Fsp3) is 0.172. The van der Waals surface area contributed by atoms with Crippen molar-refractivity contribution in [3.8, 4) is 11.5 Å². The number of aryl methyl sites for hydroxylation is 3. The number of hydrogen-bond acceptors (Lipinski definition) is 7. The molecule has 9 heteroatoms. The van der Waals surface area contributed by atoms with Crippen molar-refractivity contribution in [1.29, 1.82) is 0 Å². The number of carbonyl (C=O) groups excluding carboxylic acids is 2. The molecule has 0 fully saturated rings. The average molecular weight is 512 g/mol. The van der Waals surface area contributed by atoms with Crippen LogP contribution >= 0.6 is 0 Å². The van der Waals surface area contributed by atoms with Gasteiger partial charge in [-0.1, -0.05) is 35.9 Å². The Kier molecular flexibility index (Phi) is 7.86. The van der Waals surface area contributed by atoms with Gasteiger partial charge in [0.15, 0.2) is 0 Å². The molecule has 0 bridgehead atoms. The van der Waals surface area contributed by atoms with Crippen LogP contribution in [0.25, 0.3) is 0 Å². The van der Waals surface area contributed by atoms with E-state index in [1.54, 1.807) is 48.7 Å². The summed E-state index contributed by atoms with van der Waals surface area (Å²) in [5.41, 5.74) is 4.52. The molecule has 0 spiro atoms. The number of aromatic nitrogens is 2. The molecule has 3 aromatic carbocycles. The lowest BCUT2D eigenvalue weighted by Crippen LogP contribution is -2.31. The molecular formula is C29H29N5O4. The molecule has 0 radical (unpaired) electrons. The zero-order chi connectivity index (χ0) is 27.2. The molecule has 38 heavy (non-hydrogen) atoms. The van der Waals surface area contributed by atoms with Gasteiger partial charge in [0.05, 0.1) is 12.8 Å². The SMILES string of the molecule is COc1ccccc1N(C(=O)Oc1c(C)cc(C)cc1C)c1ccnc(Nc2cccc(NC(C)=O)c2)n1. The molecule has 1 aromatic heterocycles. The summed E-state index contributed by atoms with van der Waals surface area (Å²) in [6.07, 6.45) is 0.891. The first-order chi connectivity index (χ1) is 18.2. The van der Waals surface area contributed by atoms with Crippen molar-refractivity contribution in [3.63, 3.8) is 0 Å². The van der Waals surface area contributed by atoms with Crippen LogP contribution in [0.2, 0.25) is 0 Å². The number of benzene rings is 3. The van der Waals surface area contributed by atoms with Crippen LogP contribution in [0.1, 0.15) is 23.6 Å². The van der Waals surface area contributed by atoms with Crippen LogP contribution in [-0.4, -0.2) is 29.1 Å². The van der Waals surface area contributed by atoms with Crippen LogP contribution in [0.5, 0.6) is 11.5 Å². The molecule has 0 aliphatic rings. The second-order valence-corrected chi connectivity index (χ2v) is 8.73. The summed E-state index contributed by atoms with van der Waals surface area (Å²) in [6.45, 7) is 7.24. The van der Waals surface area contributed by atoms with E-state index < -0.39 is 6.09 Å². The van der Waals surface area contributed by atoms with Gasteiger partial charge in [0, 0.05) is 30.6 Å². The van der Waals surface area contributed by atoms with Gasteiger partial charge >= 0.3 is 6.09 Å². The standard InChI is InChI=1S/C29H29N5O4/c1-18-15-19(2)27(20(3)16-18)38-29(36)34(24-11-6-7-12-25(24)37-5)26-13-14-30-28(33-26)32-23-10-8-9-22(17-23)31-21(4)35/h6-17H,1-5H3,(H,31,35)(H,30,32,33). The highest BCUT2D eigenvalue weighted by Crippen LogP contribution is 2.35. The van der Waals surface area contributed by atoms with Crippen molar-refractivity contribution in [2.45, 2.75) is 27.7 Å². The molecule has 194 valence electrons. The van der Waals surface area contributed by atoms with Gasteiger partial charge in [-0.3, -0.25) is 4.79 Å². The van der Waals surface area contributed by atoms with E-state index in [2.05, 4.69) is 20.6 Å². The largest absolute Gasteiger partial charge is 0.495 e. The number of carbonyl (C=O) groups is 2. The third kappa shape index (κ3) is 6.07. The number of nitrogens with one attached hydrogen (secondary N) is 2. The molecule has 0 saturated heterocycles. The molecule has 0 atom stereocenters. The minimum Gasteiger partial charge on any atom is -0.495 e. The predicted octanol–water partition coefficient (Wildman–Crippen LogP) is 6.45. The van der Waals surface area contributed by atoms with E-state index in [4.69, 9.17) is 9.47 Å². The molecule has 4 aromatic rings. The molecule has 2 amide bonds. The molecule has 0 saturated carbocycles. The van der Waals surface area contributed by atoms with Gasteiger partial charge in [-0.25, -0.2) is 14.7 Å². The highest BCUT2D eigenvalue weighted by molar-refractivity contribution is 5.98. The second-order valence-electron chi connectivity index (χ2n) is 8.73. The van der Waals surface area contributed by atoms with Crippen molar-refractivity contribution < 1.29 is 19.1 Å². The van der Waals surface area contributed by atoms with Crippen LogP contribution in [-0.2, 0) is 4.79 Å². The summed E-state index contributed by atoms with van der Waals surface area (Å²) >= 11 is 0. The Bertz CT molecular complexity index is 1460. The van der Waals surface area contributed by atoms with E-state index >= 15 is 0 Å².